The summed E-state index contributed by atoms with van der Waals surface area (Å²) in [5.74, 6) is -1.50. The van der Waals surface area contributed by atoms with E-state index < -0.39 is 18.2 Å². The minimum Gasteiger partial charge on any atom is -0.486 e. The van der Waals surface area contributed by atoms with Crippen molar-refractivity contribution in [3.05, 3.63) is 22.5 Å². The van der Waals surface area contributed by atoms with Crippen molar-refractivity contribution in [1.29, 1.82) is 0 Å². The summed E-state index contributed by atoms with van der Waals surface area (Å²) in [6.45, 7) is 0.599. The normalized spacial score (nSPS) is 13.6. The van der Waals surface area contributed by atoms with E-state index in [1.165, 1.54) is 6.07 Å². The maximum Gasteiger partial charge on any atom is 0.308 e. The monoisotopic (exact) mass is 246 g/mol. The smallest absolute Gasteiger partial charge is 0.308 e. The summed E-state index contributed by atoms with van der Waals surface area (Å²) in [7, 11) is 0. The number of halogens is 2. The van der Waals surface area contributed by atoms with Crippen LogP contribution in [0.25, 0.3) is 0 Å². The number of carboxylic acids is 1. The van der Waals surface area contributed by atoms with Gasteiger partial charge in [0, 0.05) is 11.6 Å². The lowest BCUT2D eigenvalue weighted by molar-refractivity contribution is -0.136. The average Bonchev–Trinajstić information content (AvgIpc) is 2.24. The number of fused-ring (bicyclic) bond motifs is 1. The molecule has 0 aromatic heterocycles. The summed E-state index contributed by atoms with van der Waals surface area (Å²) in [5.41, 5.74) is -0.0744. The Morgan fingerprint density at radius 2 is 2.19 bits per heavy atom. The maximum atomic E-state index is 13.6. The van der Waals surface area contributed by atoms with E-state index in [1.54, 1.807) is 0 Å². The molecule has 86 valence electrons. The lowest BCUT2D eigenvalue weighted by Gasteiger charge is -2.21. The van der Waals surface area contributed by atoms with Gasteiger partial charge in [-0.3, -0.25) is 4.79 Å². The highest BCUT2D eigenvalue weighted by Gasteiger charge is 2.24. The standard InChI is InChI=1S/C10H8ClFO4/c11-6-4-7-10(16-2-1-15-7)5(9(6)12)3-8(13)14/h4H,1-3H2,(H,13,14). The molecule has 16 heavy (non-hydrogen) atoms. The van der Waals surface area contributed by atoms with Gasteiger partial charge in [-0.1, -0.05) is 11.6 Å². The van der Waals surface area contributed by atoms with E-state index in [4.69, 9.17) is 26.2 Å². The van der Waals surface area contributed by atoms with Crippen LogP contribution in [0.15, 0.2) is 6.07 Å². The van der Waals surface area contributed by atoms with E-state index in [0.29, 0.717) is 6.61 Å². The molecule has 2 rings (SSSR count). The van der Waals surface area contributed by atoms with Gasteiger partial charge in [-0.05, 0) is 0 Å². The van der Waals surface area contributed by atoms with Crippen molar-refractivity contribution < 1.29 is 23.8 Å². The molecule has 1 heterocycles. The minimum absolute atomic E-state index is 0.0744. The Morgan fingerprint density at radius 1 is 1.50 bits per heavy atom. The first kappa shape index (κ1) is 11.0. The van der Waals surface area contributed by atoms with Crippen molar-refractivity contribution in [2.75, 3.05) is 13.2 Å². The molecule has 0 amide bonds. The first-order valence-corrected chi connectivity index (χ1v) is 4.95. The van der Waals surface area contributed by atoms with Crippen LogP contribution in [0, 0.1) is 5.82 Å². The fourth-order valence-electron chi connectivity index (χ4n) is 1.51. The molecule has 0 radical (unpaired) electrons. The van der Waals surface area contributed by atoms with Gasteiger partial charge in [-0.25, -0.2) is 4.39 Å². The van der Waals surface area contributed by atoms with Crippen LogP contribution in [0.1, 0.15) is 5.56 Å². The highest BCUT2D eigenvalue weighted by molar-refractivity contribution is 6.31. The molecule has 0 spiro atoms. The molecule has 0 fully saturated rings. The average molecular weight is 247 g/mol. The van der Waals surface area contributed by atoms with E-state index >= 15 is 0 Å². The molecule has 1 aliphatic heterocycles. The molecule has 1 aromatic rings. The second-order valence-corrected chi connectivity index (χ2v) is 3.65. The van der Waals surface area contributed by atoms with Gasteiger partial charge in [0.1, 0.15) is 19.0 Å². The zero-order valence-electron chi connectivity index (χ0n) is 8.13. The number of carbonyl (C=O) groups is 1. The maximum absolute atomic E-state index is 13.6. The quantitative estimate of drug-likeness (QED) is 0.866. The third kappa shape index (κ3) is 1.90. The van der Waals surface area contributed by atoms with Crippen molar-refractivity contribution in [3.8, 4) is 11.5 Å². The Morgan fingerprint density at radius 3 is 2.88 bits per heavy atom. The summed E-state index contributed by atoms with van der Waals surface area (Å²) in [6, 6.07) is 1.29. The van der Waals surface area contributed by atoms with Crippen molar-refractivity contribution in [3.63, 3.8) is 0 Å². The molecule has 1 aliphatic rings. The molecule has 1 aromatic carbocycles. The Hall–Kier alpha value is -1.49. The van der Waals surface area contributed by atoms with Gasteiger partial charge in [-0.2, -0.15) is 0 Å². The Bertz CT molecular complexity index is 447. The molecular weight excluding hydrogens is 239 g/mol. The molecule has 0 bridgehead atoms. The molecule has 6 heteroatoms. The van der Waals surface area contributed by atoms with Crippen LogP contribution in [0.4, 0.5) is 4.39 Å². The van der Waals surface area contributed by atoms with Crippen LogP contribution < -0.4 is 9.47 Å². The minimum atomic E-state index is -1.16. The second-order valence-electron chi connectivity index (χ2n) is 3.25. The number of carboxylic acid groups (broad SMARTS) is 1. The number of benzene rings is 1. The molecule has 0 atom stereocenters. The van der Waals surface area contributed by atoms with Crippen LogP contribution in [0.2, 0.25) is 5.02 Å². The SMILES string of the molecule is O=C(O)Cc1c(F)c(Cl)cc2c1OCCO2. The molecule has 4 nitrogen and oxygen atoms in total. The van der Waals surface area contributed by atoms with Gasteiger partial charge in [0.05, 0.1) is 11.4 Å². The Labute approximate surface area is 95.5 Å². The third-order valence-corrected chi connectivity index (χ3v) is 2.42. The van der Waals surface area contributed by atoms with Crippen LogP contribution in [0.3, 0.4) is 0 Å². The van der Waals surface area contributed by atoms with E-state index in [9.17, 15) is 9.18 Å². The molecule has 0 saturated carbocycles. The Kier molecular flexibility index (Phi) is 2.87. The summed E-state index contributed by atoms with van der Waals surface area (Å²) >= 11 is 5.63. The predicted molar refractivity (Wildman–Crippen MR) is 53.7 cm³/mol. The largest absolute Gasteiger partial charge is 0.486 e. The summed E-state index contributed by atoms with van der Waals surface area (Å²) < 4.78 is 24.0. The van der Waals surface area contributed by atoms with Gasteiger partial charge in [0.25, 0.3) is 0 Å². The third-order valence-electron chi connectivity index (χ3n) is 2.15. The van der Waals surface area contributed by atoms with Crippen LogP contribution >= 0.6 is 11.6 Å². The highest BCUT2D eigenvalue weighted by atomic mass is 35.5. The molecular formula is C10H8ClFO4. The highest BCUT2D eigenvalue weighted by Crippen LogP contribution is 2.39. The van der Waals surface area contributed by atoms with Gasteiger partial charge in [-0.15, -0.1) is 0 Å². The molecule has 0 saturated heterocycles. The molecule has 0 unspecified atom stereocenters. The summed E-state index contributed by atoms with van der Waals surface area (Å²) in [4.78, 5) is 10.6. The van der Waals surface area contributed by atoms with Gasteiger partial charge >= 0.3 is 5.97 Å². The lowest BCUT2D eigenvalue weighted by atomic mass is 10.1. The molecule has 0 aliphatic carbocycles. The zero-order valence-corrected chi connectivity index (χ0v) is 8.88. The molecule has 1 N–H and O–H groups in total. The fraction of sp³-hybridized carbons (Fsp3) is 0.300. The number of rotatable bonds is 2. The summed E-state index contributed by atoms with van der Waals surface area (Å²) in [5, 5.41) is 8.51. The van der Waals surface area contributed by atoms with E-state index in [2.05, 4.69) is 0 Å². The van der Waals surface area contributed by atoms with Crippen LogP contribution in [0.5, 0.6) is 11.5 Å². The van der Waals surface area contributed by atoms with E-state index in [0.717, 1.165) is 0 Å². The van der Waals surface area contributed by atoms with Crippen LogP contribution in [-0.2, 0) is 11.2 Å². The fourth-order valence-corrected chi connectivity index (χ4v) is 1.72. The first-order chi connectivity index (χ1) is 7.59. The zero-order chi connectivity index (χ0) is 11.7. The van der Waals surface area contributed by atoms with Gasteiger partial charge in [0.2, 0.25) is 0 Å². The summed E-state index contributed by atoms with van der Waals surface area (Å²) in [6.07, 6.45) is -0.488. The first-order valence-electron chi connectivity index (χ1n) is 4.58. The second kappa shape index (κ2) is 4.17. The van der Waals surface area contributed by atoms with Crippen molar-refractivity contribution >= 4 is 17.6 Å². The van der Waals surface area contributed by atoms with E-state index in [1.807, 2.05) is 0 Å². The number of hydrogen-bond acceptors (Lipinski definition) is 3. The van der Waals surface area contributed by atoms with Crippen molar-refractivity contribution in [1.82, 2.24) is 0 Å². The number of hydrogen-bond donors (Lipinski definition) is 1. The van der Waals surface area contributed by atoms with Crippen molar-refractivity contribution in [2.45, 2.75) is 6.42 Å². The van der Waals surface area contributed by atoms with Gasteiger partial charge < -0.3 is 14.6 Å². The van der Waals surface area contributed by atoms with Gasteiger partial charge in [0.15, 0.2) is 11.5 Å². The topological polar surface area (TPSA) is 55.8 Å². The number of aliphatic carboxylic acids is 1. The predicted octanol–water partition coefficient (Wildman–Crippen LogP) is 1.88. The lowest BCUT2D eigenvalue weighted by Crippen LogP contribution is -2.18. The van der Waals surface area contributed by atoms with Crippen LogP contribution in [-0.4, -0.2) is 24.3 Å². The Balaban J connectivity index is 2.54. The number of ether oxygens (including phenoxy) is 2. The van der Waals surface area contributed by atoms with Crippen molar-refractivity contribution in [2.24, 2.45) is 0 Å². The van der Waals surface area contributed by atoms with E-state index in [-0.39, 0.29) is 28.7 Å².